The predicted molar refractivity (Wildman–Crippen MR) is 88.6 cm³/mol. The van der Waals surface area contributed by atoms with E-state index in [0.717, 1.165) is 30.0 Å². The van der Waals surface area contributed by atoms with Crippen LogP contribution in [0.3, 0.4) is 0 Å². The van der Waals surface area contributed by atoms with Crippen LogP contribution in [0, 0.1) is 20.8 Å². The number of aliphatic hydroxyl groups is 1. The van der Waals surface area contributed by atoms with Gasteiger partial charge in [-0.25, -0.2) is 0 Å². The van der Waals surface area contributed by atoms with Crippen molar-refractivity contribution in [3.8, 4) is 5.75 Å². The maximum atomic E-state index is 10.3. The van der Waals surface area contributed by atoms with Crippen LogP contribution in [0.4, 0.5) is 0 Å². The average molecular weight is 307 g/mol. The van der Waals surface area contributed by atoms with Gasteiger partial charge in [-0.3, -0.25) is 4.90 Å². The molecule has 0 radical (unpaired) electrons. The van der Waals surface area contributed by atoms with Crippen LogP contribution < -0.4 is 4.74 Å². The number of morpholine rings is 1. The second-order valence-corrected chi connectivity index (χ2v) is 6.67. The third-order valence-corrected chi connectivity index (χ3v) is 3.99. The van der Waals surface area contributed by atoms with Crippen molar-refractivity contribution in [3.05, 3.63) is 28.8 Å². The summed E-state index contributed by atoms with van der Waals surface area (Å²) in [6.07, 6.45) is -0.0467. The van der Waals surface area contributed by atoms with Crippen molar-refractivity contribution in [3.63, 3.8) is 0 Å². The molecule has 1 N–H and O–H groups in total. The number of aryl methyl sites for hydroxylation is 3. The van der Waals surface area contributed by atoms with Gasteiger partial charge in [0.1, 0.15) is 18.5 Å². The van der Waals surface area contributed by atoms with Gasteiger partial charge >= 0.3 is 0 Å². The Morgan fingerprint density at radius 2 is 1.73 bits per heavy atom. The molecule has 1 fully saturated rings. The fraction of sp³-hybridized carbons (Fsp3) is 0.667. The van der Waals surface area contributed by atoms with Crippen molar-refractivity contribution in [1.82, 2.24) is 4.90 Å². The highest BCUT2D eigenvalue weighted by molar-refractivity contribution is 5.42. The van der Waals surface area contributed by atoms with E-state index in [4.69, 9.17) is 9.47 Å². The number of aliphatic hydroxyl groups excluding tert-OH is 1. The van der Waals surface area contributed by atoms with Gasteiger partial charge in [-0.05, 0) is 45.7 Å². The highest BCUT2D eigenvalue weighted by Crippen LogP contribution is 2.24. The summed E-state index contributed by atoms with van der Waals surface area (Å²) < 4.78 is 11.6. The summed E-state index contributed by atoms with van der Waals surface area (Å²) in [7, 11) is 0. The summed E-state index contributed by atoms with van der Waals surface area (Å²) in [4.78, 5) is 2.25. The third-order valence-electron chi connectivity index (χ3n) is 3.99. The molecule has 1 aliphatic heterocycles. The molecule has 0 aromatic heterocycles. The second kappa shape index (κ2) is 7.44. The van der Waals surface area contributed by atoms with Crippen LogP contribution in [0.2, 0.25) is 0 Å². The maximum Gasteiger partial charge on any atom is 0.125 e. The van der Waals surface area contributed by atoms with Gasteiger partial charge in [-0.15, -0.1) is 0 Å². The lowest BCUT2D eigenvalue weighted by atomic mass is 10.1. The summed E-state index contributed by atoms with van der Waals surface area (Å²) in [5, 5.41) is 10.3. The van der Waals surface area contributed by atoms with E-state index in [9.17, 15) is 5.11 Å². The Morgan fingerprint density at radius 1 is 1.18 bits per heavy atom. The summed E-state index contributed by atoms with van der Waals surface area (Å²) in [5.74, 6) is 0.897. The van der Waals surface area contributed by atoms with Crippen molar-refractivity contribution in [1.29, 1.82) is 0 Å². The van der Waals surface area contributed by atoms with Crippen LogP contribution >= 0.6 is 0 Å². The lowest BCUT2D eigenvalue weighted by Crippen LogP contribution is -2.48. The van der Waals surface area contributed by atoms with Crippen molar-refractivity contribution in [2.75, 3.05) is 26.2 Å². The number of β-amino-alcohol motifs (C(OH)–C–C–N with tert-alkyl or cyclic N) is 1. The molecule has 1 heterocycles. The molecule has 1 aromatic rings. The summed E-state index contributed by atoms with van der Waals surface area (Å²) in [6.45, 7) is 13.0. The lowest BCUT2D eigenvalue weighted by Gasteiger charge is -2.36. The molecule has 0 saturated carbocycles. The predicted octanol–water partition coefficient (Wildman–Crippen LogP) is 2.46. The Kier molecular flexibility index (Phi) is 5.84. The average Bonchev–Trinajstić information content (AvgIpc) is 2.35. The van der Waals surface area contributed by atoms with Crippen LogP contribution in [0.1, 0.15) is 30.5 Å². The van der Waals surface area contributed by atoms with Gasteiger partial charge < -0.3 is 14.6 Å². The van der Waals surface area contributed by atoms with E-state index >= 15 is 0 Å². The van der Waals surface area contributed by atoms with Gasteiger partial charge in [-0.1, -0.05) is 17.7 Å². The molecule has 1 saturated heterocycles. The zero-order valence-corrected chi connectivity index (χ0v) is 14.4. The van der Waals surface area contributed by atoms with Gasteiger partial charge in [0.15, 0.2) is 0 Å². The molecule has 3 atom stereocenters. The second-order valence-electron chi connectivity index (χ2n) is 6.67. The number of hydrogen-bond donors (Lipinski definition) is 1. The molecule has 0 aliphatic carbocycles. The molecule has 0 amide bonds. The summed E-state index contributed by atoms with van der Waals surface area (Å²) in [5.41, 5.74) is 3.48. The smallest absolute Gasteiger partial charge is 0.125 e. The number of benzene rings is 1. The van der Waals surface area contributed by atoms with Gasteiger partial charge in [0, 0.05) is 19.6 Å². The van der Waals surface area contributed by atoms with E-state index in [-0.39, 0.29) is 12.2 Å². The molecule has 0 unspecified atom stereocenters. The van der Waals surface area contributed by atoms with Crippen molar-refractivity contribution in [2.24, 2.45) is 0 Å². The van der Waals surface area contributed by atoms with Crippen LogP contribution in [-0.4, -0.2) is 54.6 Å². The highest BCUT2D eigenvalue weighted by Gasteiger charge is 2.24. The first kappa shape index (κ1) is 17.3. The molecule has 0 bridgehead atoms. The molecule has 4 nitrogen and oxygen atoms in total. The molecular weight excluding hydrogens is 278 g/mol. The zero-order valence-electron chi connectivity index (χ0n) is 14.4. The van der Waals surface area contributed by atoms with Crippen LogP contribution in [0.5, 0.6) is 5.75 Å². The summed E-state index contributed by atoms with van der Waals surface area (Å²) in [6, 6.07) is 4.22. The van der Waals surface area contributed by atoms with Crippen molar-refractivity contribution >= 4 is 0 Å². The molecular formula is C18H29NO3. The molecule has 1 aliphatic rings. The first-order chi connectivity index (χ1) is 10.3. The maximum absolute atomic E-state index is 10.3. The molecule has 2 rings (SSSR count). The largest absolute Gasteiger partial charge is 0.490 e. The zero-order chi connectivity index (χ0) is 16.3. The normalized spacial score (nSPS) is 24.3. The SMILES string of the molecule is Cc1cc(C)c(OC[C@H](O)CN2C[C@H](C)O[C@@H](C)C2)c(C)c1. The van der Waals surface area contributed by atoms with Gasteiger partial charge in [-0.2, -0.15) is 0 Å². The fourth-order valence-corrected chi connectivity index (χ4v) is 3.36. The van der Waals surface area contributed by atoms with Crippen LogP contribution in [-0.2, 0) is 4.74 Å². The van der Waals surface area contributed by atoms with E-state index in [0.29, 0.717) is 13.2 Å². The Morgan fingerprint density at radius 3 is 2.27 bits per heavy atom. The first-order valence-corrected chi connectivity index (χ1v) is 8.11. The standard InChI is InChI=1S/C18H29NO3/c1-12-6-13(2)18(14(3)7-12)21-11-17(20)10-19-8-15(4)22-16(5)9-19/h6-7,15-17,20H,8-11H2,1-5H3/t15-,16-,17+/m0/s1. The Hall–Kier alpha value is -1.10. The minimum absolute atomic E-state index is 0.221. The minimum Gasteiger partial charge on any atom is -0.490 e. The van der Waals surface area contributed by atoms with Crippen LogP contribution in [0.25, 0.3) is 0 Å². The van der Waals surface area contributed by atoms with E-state index in [1.54, 1.807) is 0 Å². The monoisotopic (exact) mass is 307 g/mol. The molecule has 22 heavy (non-hydrogen) atoms. The van der Waals surface area contributed by atoms with Gasteiger partial charge in [0.05, 0.1) is 12.2 Å². The minimum atomic E-state index is -0.488. The number of hydrogen-bond acceptors (Lipinski definition) is 4. The number of ether oxygens (including phenoxy) is 2. The van der Waals surface area contributed by atoms with E-state index < -0.39 is 6.10 Å². The quantitative estimate of drug-likeness (QED) is 0.907. The van der Waals surface area contributed by atoms with E-state index in [2.05, 4.69) is 37.8 Å². The Labute approximate surface area is 134 Å². The number of nitrogens with zero attached hydrogens (tertiary/aromatic N) is 1. The number of rotatable bonds is 5. The first-order valence-electron chi connectivity index (χ1n) is 8.11. The van der Waals surface area contributed by atoms with Gasteiger partial charge in [0.2, 0.25) is 0 Å². The molecule has 124 valence electrons. The topological polar surface area (TPSA) is 41.9 Å². The molecule has 4 heteroatoms. The third kappa shape index (κ3) is 4.70. The summed E-state index contributed by atoms with van der Waals surface area (Å²) >= 11 is 0. The highest BCUT2D eigenvalue weighted by atomic mass is 16.5. The van der Waals surface area contributed by atoms with Crippen molar-refractivity contribution in [2.45, 2.75) is 52.9 Å². The van der Waals surface area contributed by atoms with E-state index in [1.807, 2.05) is 13.8 Å². The molecule has 0 spiro atoms. The van der Waals surface area contributed by atoms with E-state index in [1.165, 1.54) is 5.56 Å². The van der Waals surface area contributed by atoms with Crippen LogP contribution in [0.15, 0.2) is 12.1 Å². The molecule has 1 aromatic carbocycles. The lowest BCUT2D eigenvalue weighted by molar-refractivity contribution is -0.0787. The Balaban J connectivity index is 1.86. The Bertz CT molecular complexity index is 470. The van der Waals surface area contributed by atoms with Crippen molar-refractivity contribution < 1.29 is 14.6 Å². The fourth-order valence-electron chi connectivity index (χ4n) is 3.36. The van der Waals surface area contributed by atoms with Gasteiger partial charge in [0.25, 0.3) is 0 Å².